The van der Waals surface area contributed by atoms with Crippen LogP contribution >= 0.6 is 11.6 Å². The number of aryl methyl sites for hydroxylation is 3. The van der Waals surface area contributed by atoms with Crippen LogP contribution in [0.25, 0.3) is 22.0 Å². The molecule has 0 atom stereocenters. The normalized spacial score (nSPS) is 11.2. The number of nitrogens with zero attached hydrogens (tertiary/aromatic N) is 2. The van der Waals surface area contributed by atoms with Crippen molar-refractivity contribution in [3.63, 3.8) is 0 Å². The topological polar surface area (TPSA) is 91.4 Å². The number of esters is 1. The van der Waals surface area contributed by atoms with Gasteiger partial charge in [-0.1, -0.05) is 11.6 Å². The van der Waals surface area contributed by atoms with Crippen molar-refractivity contribution in [2.45, 2.75) is 33.9 Å². The molecule has 0 spiro atoms. The number of carbonyl (C=O) groups excluding carboxylic acids is 1. The molecule has 0 fully saturated rings. The maximum absolute atomic E-state index is 12.9. The summed E-state index contributed by atoms with van der Waals surface area (Å²) < 4.78 is 12.4. The van der Waals surface area contributed by atoms with Crippen LogP contribution in [-0.4, -0.2) is 15.5 Å². The summed E-state index contributed by atoms with van der Waals surface area (Å²) in [6, 6.07) is 7.94. The van der Waals surface area contributed by atoms with Crippen molar-refractivity contribution in [3.8, 4) is 0 Å². The predicted octanol–water partition coefficient (Wildman–Crippen LogP) is 4.15. The largest absolute Gasteiger partial charge is 0.457 e. The minimum atomic E-state index is -0.783. The van der Waals surface area contributed by atoms with Gasteiger partial charge in [0.05, 0.1) is 5.39 Å². The van der Waals surface area contributed by atoms with E-state index in [0.29, 0.717) is 39.1 Å². The lowest BCUT2D eigenvalue weighted by Crippen LogP contribution is -2.21. The van der Waals surface area contributed by atoms with E-state index in [1.165, 1.54) is 12.3 Å². The molecule has 0 saturated heterocycles. The van der Waals surface area contributed by atoms with Crippen molar-refractivity contribution in [3.05, 3.63) is 84.6 Å². The van der Waals surface area contributed by atoms with E-state index < -0.39 is 17.0 Å². The lowest BCUT2D eigenvalue weighted by molar-refractivity contribution is 0.0471. The van der Waals surface area contributed by atoms with Gasteiger partial charge in [0.2, 0.25) is 5.43 Å². The molecule has 0 aliphatic carbocycles. The Bertz CT molecular complexity index is 1470. The zero-order chi connectivity index (χ0) is 22.3. The second-order valence-corrected chi connectivity index (χ2v) is 7.65. The predicted molar refractivity (Wildman–Crippen MR) is 118 cm³/mol. The number of carbonyl (C=O) groups is 1. The monoisotopic (exact) mass is 438 g/mol. The van der Waals surface area contributed by atoms with Crippen molar-refractivity contribution < 1.29 is 13.9 Å². The molecule has 0 radical (unpaired) electrons. The van der Waals surface area contributed by atoms with Crippen LogP contribution in [0.2, 0.25) is 5.02 Å². The Morgan fingerprint density at radius 2 is 1.94 bits per heavy atom. The summed E-state index contributed by atoms with van der Waals surface area (Å²) >= 11 is 6.20. The van der Waals surface area contributed by atoms with Crippen LogP contribution in [0.1, 0.15) is 34.1 Å². The maximum atomic E-state index is 12.9. The number of rotatable bonds is 4. The molecule has 1 aromatic carbocycles. The third-order valence-electron chi connectivity index (χ3n) is 5.09. The van der Waals surface area contributed by atoms with Crippen molar-refractivity contribution in [1.29, 1.82) is 0 Å². The molecule has 0 saturated carbocycles. The molecule has 0 unspecified atom stereocenters. The molecular weight excluding hydrogens is 420 g/mol. The Morgan fingerprint density at radius 1 is 1.16 bits per heavy atom. The quantitative estimate of drug-likeness (QED) is 0.351. The van der Waals surface area contributed by atoms with E-state index in [2.05, 4.69) is 4.98 Å². The maximum Gasteiger partial charge on any atom is 0.344 e. The van der Waals surface area contributed by atoms with Gasteiger partial charge in [0.25, 0.3) is 0 Å². The molecular formula is C23H19ClN2O5. The van der Waals surface area contributed by atoms with E-state index in [1.807, 2.05) is 13.8 Å². The molecule has 0 amide bonds. The number of fused-ring (bicyclic) bond motifs is 2. The van der Waals surface area contributed by atoms with Crippen LogP contribution in [0.4, 0.5) is 0 Å². The van der Waals surface area contributed by atoms with Crippen LogP contribution in [0.15, 0.2) is 50.5 Å². The van der Waals surface area contributed by atoms with Gasteiger partial charge in [-0.05, 0) is 50.6 Å². The third-order valence-corrected chi connectivity index (χ3v) is 5.50. The Hall–Kier alpha value is -3.45. The molecule has 4 aromatic rings. The summed E-state index contributed by atoms with van der Waals surface area (Å²) in [5, 5.41) is 1.40. The van der Waals surface area contributed by atoms with Gasteiger partial charge in [-0.3, -0.25) is 4.79 Å². The molecule has 8 heteroatoms. The highest BCUT2D eigenvalue weighted by atomic mass is 35.5. The summed E-state index contributed by atoms with van der Waals surface area (Å²) in [6.45, 7) is 5.83. The second kappa shape index (κ2) is 8.00. The first kappa shape index (κ1) is 20.8. The van der Waals surface area contributed by atoms with E-state index in [9.17, 15) is 14.4 Å². The van der Waals surface area contributed by atoms with Gasteiger partial charge in [0.1, 0.15) is 23.4 Å². The number of hydrogen-bond donors (Lipinski definition) is 0. The fraction of sp³-hybridized carbons (Fsp3) is 0.217. The average molecular weight is 439 g/mol. The lowest BCUT2D eigenvalue weighted by atomic mass is 10.1. The summed E-state index contributed by atoms with van der Waals surface area (Å²) in [5.74, 6) is -0.783. The van der Waals surface area contributed by atoms with Crippen LogP contribution in [-0.2, 0) is 17.9 Å². The van der Waals surface area contributed by atoms with Crippen molar-refractivity contribution in [2.24, 2.45) is 0 Å². The zero-order valence-electron chi connectivity index (χ0n) is 17.2. The standard InChI is InChI=1S/C23H19ClN2O5/c1-4-26-10-17(21(28)15-6-5-13(3)25-22(15)26)23(29)30-11-14-8-20(27)31-19-7-12(2)18(24)9-16(14)19/h5-10H,4,11H2,1-3H3. The number of aromatic nitrogens is 2. The fourth-order valence-corrected chi connectivity index (χ4v) is 3.60. The fourth-order valence-electron chi connectivity index (χ4n) is 3.44. The highest BCUT2D eigenvalue weighted by Crippen LogP contribution is 2.25. The summed E-state index contributed by atoms with van der Waals surface area (Å²) in [7, 11) is 0. The Labute approximate surface area is 181 Å². The number of pyridine rings is 2. The number of hydrogen-bond acceptors (Lipinski definition) is 6. The van der Waals surface area contributed by atoms with Crippen LogP contribution < -0.4 is 11.1 Å². The van der Waals surface area contributed by atoms with Gasteiger partial charge in [-0.25, -0.2) is 14.6 Å². The van der Waals surface area contributed by atoms with E-state index in [0.717, 1.165) is 11.3 Å². The smallest absolute Gasteiger partial charge is 0.344 e. The summed E-state index contributed by atoms with van der Waals surface area (Å²) in [4.78, 5) is 42.0. The zero-order valence-corrected chi connectivity index (χ0v) is 17.9. The van der Waals surface area contributed by atoms with Crippen molar-refractivity contribution in [1.82, 2.24) is 9.55 Å². The van der Waals surface area contributed by atoms with Gasteiger partial charge in [-0.15, -0.1) is 0 Å². The molecule has 0 bridgehead atoms. The molecule has 0 aliphatic rings. The van der Waals surface area contributed by atoms with E-state index in [1.54, 1.807) is 35.8 Å². The molecule has 0 aliphatic heterocycles. The molecule has 4 rings (SSSR count). The van der Waals surface area contributed by atoms with E-state index >= 15 is 0 Å². The molecule has 158 valence electrons. The van der Waals surface area contributed by atoms with Gasteiger partial charge in [0.15, 0.2) is 0 Å². The SMILES string of the molecule is CCn1cc(C(=O)OCc2cc(=O)oc3cc(C)c(Cl)cc23)c(=O)c2ccc(C)nc21. The first-order chi connectivity index (χ1) is 14.8. The molecule has 3 heterocycles. The first-order valence-electron chi connectivity index (χ1n) is 9.69. The van der Waals surface area contributed by atoms with Crippen molar-refractivity contribution >= 4 is 39.6 Å². The van der Waals surface area contributed by atoms with Crippen LogP contribution in [0.5, 0.6) is 0 Å². The molecule has 0 N–H and O–H groups in total. The molecule has 7 nitrogen and oxygen atoms in total. The number of halogens is 1. The highest BCUT2D eigenvalue weighted by Gasteiger charge is 2.18. The van der Waals surface area contributed by atoms with Gasteiger partial charge < -0.3 is 13.7 Å². The molecule has 31 heavy (non-hydrogen) atoms. The second-order valence-electron chi connectivity index (χ2n) is 7.25. The van der Waals surface area contributed by atoms with Crippen LogP contribution in [0.3, 0.4) is 0 Å². The lowest BCUT2D eigenvalue weighted by Gasteiger charge is -2.12. The van der Waals surface area contributed by atoms with Gasteiger partial charge in [-0.2, -0.15) is 0 Å². The minimum absolute atomic E-state index is 0.0962. The van der Waals surface area contributed by atoms with Gasteiger partial charge in [0, 0.05) is 40.5 Å². The Morgan fingerprint density at radius 3 is 2.68 bits per heavy atom. The highest BCUT2D eigenvalue weighted by molar-refractivity contribution is 6.32. The first-order valence-corrected chi connectivity index (χ1v) is 10.1. The third kappa shape index (κ3) is 3.84. The minimum Gasteiger partial charge on any atom is -0.457 e. The summed E-state index contributed by atoms with van der Waals surface area (Å²) in [5.41, 5.74) is 1.71. The Kier molecular flexibility index (Phi) is 5.37. The van der Waals surface area contributed by atoms with E-state index in [4.69, 9.17) is 20.8 Å². The Balaban J connectivity index is 1.72. The van der Waals surface area contributed by atoms with Gasteiger partial charge >= 0.3 is 11.6 Å². The summed E-state index contributed by atoms with van der Waals surface area (Å²) in [6.07, 6.45) is 1.46. The number of ether oxygens (including phenoxy) is 1. The molecule has 3 aromatic heterocycles. The number of benzene rings is 1. The van der Waals surface area contributed by atoms with Crippen molar-refractivity contribution in [2.75, 3.05) is 0 Å². The van der Waals surface area contributed by atoms with E-state index in [-0.39, 0.29) is 12.2 Å². The van der Waals surface area contributed by atoms with Crippen LogP contribution in [0, 0.1) is 13.8 Å². The average Bonchev–Trinajstić information content (AvgIpc) is 2.73.